The molecule has 4 aliphatic rings. The molecule has 300 valence electrons. The lowest BCUT2D eigenvalue weighted by atomic mass is 9.55. The number of carbonyl (C=O) groups excluding carboxylic acids is 1. The van der Waals surface area contributed by atoms with Gasteiger partial charge in [0, 0.05) is 44.1 Å². The Morgan fingerprint density at radius 2 is 1.83 bits per heavy atom. The molecule has 0 aromatic heterocycles. The SMILES string of the molecule is C=CCCOC(=O)N(CCOCCO)[C@H]1CC(=NOC2CCCCO2)C2=C[C@H](CCCCO)[C@@H](CCCCO)[C@@H]3c4cc(O)ccc4O[C@@]1(OCC=C)[C@H]23. The van der Waals surface area contributed by atoms with Gasteiger partial charge in [0.1, 0.15) is 17.5 Å². The number of phenols is 1. The Kier molecular flexibility index (Phi) is 16.2. The summed E-state index contributed by atoms with van der Waals surface area (Å²) in [5.74, 6) is -1.57. The van der Waals surface area contributed by atoms with Gasteiger partial charge >= 0.3 is 6.09 Å². The first-order chi connectivity index (χ1) is 26.4. The van der Waals surface area contributed by atoms with E-state index in [1.54, 1.807) is 35.3 Å². The topological polar surface area (TPSA) is 169 Å². The van der Waals surface area contributed by atoms with Crippen molar-refractivity contribution in [1.29, 1.82) is 0 Å². The number of ether oxygens (including phenoxy) is 5. The van der Waals surface area contributed by atoms with E-state index >= 15 is 0 Å². The molecule has 1 unspecified atom stereocenters. The van der Waals surface area contributed by atoms with E-state index in [1.807, 2.05) is 0 Å². The second-order valence-corrected chi connectivity index (χ2v) is 14.4. The number of carbonyl (C=O) groups is 1. The third kappa shape index (κ3) is 9.85. The van der Waals surface area contributed by atoms with E-state index in [2.05, 4.69) is 19.2 Å². The molecule has 2 heterocycles. The number of phenolic OH excluding ortho intramolecular Hbond substituents is 1. The summed E-state index contributed by atoms with van der Waals surface area (Å²) < 4.78 is 31.4. The van der Waals surface area contributed by atoms with E-state index in [1.165, 1.54) is 0 Å². The normalized spacial score (nSPS) is 27.9. The van der Waals surface area contributed by atoms with Crippen molar-refractivity contribution in [2.45, 2.75) is 94.7 Å². The van der Waals surface area contributed by atoms with E-state index < -0.39 is 30.1 Å². The molecule has 1 aromatic rings. The summed E-state index contributed by atoms with van der Waals surface area (Å²) in [5, 5.41) is 44.7. The highest BCUT2D eigenvalue weighted by atomic mass is 16.8. The maximum Gasteiger partial charge on any atom is 0.410 e. The highest BCUT2D eigenvalue weighted by Crippen LogP contribution is 2.62. The maximum atomic E-state index is 14.2. The summed E-state index contributed by atoms with van der Waals surface area (Å²) in [6.07, 6.45) is 12.2. The first-order valence-electron chi connectivity index (χ1n) is 19.7. The average molecular weight is 757 g/mol. The van der Waals surface area contributed by atoms with Gasteiger partial charge in [-0.1, -0.05) is 36.2 Å². The molecule has 0 spiro atoms. The summed E-state index contributed by atoms with van der Waals surface area (Å²) in [6.45, 7) is 8.85. The van der Waals surface area contributed by atoms with Crippen molar-refractivity contribution in [2.24, 2.45) is 22.9 Å². The van der Waals surface area contributed by atoms with Crippen LogP contribution in [-0.4, -0.2) is 115 Å². The van der Waals surface area contributed by atoms with E-state index in [9.17, 15) is 25.2 Å². The van der Waals surface area contributed by atoms with Crippen LogP contribution in [0.4, 0.5) is 4.79 Å². The Morgan fingerprint density at radius 3 is 2.56 bits per heavy atom. The smallest absolute Gasteiger partial charge is 0.410 e. The van der Waals surface area contributed by atoms with Crippen LogP contribution in [0.15, 0.2) is 60.3 Å². The van der Waals surface area contributed by atoms with Gasteiger partial charge in [-0.3, -0.25) is 4.90 Å². The average Bonchev–Trinajstić information content (AvgIpc) is 3.18. The van der Waals surface area contributed by atoms with Gasteiger partial charge in [0.05, 0.1) is 51.3 Å². The number of hydrogen-bond donors (Lipinski definition) is 4. The number of benzene rings is 1. The molecule has 7 atom stereocenters. The maximum absolute atomic E-state index is 14.2. The van der Waals surface area contributed by atoms with Gasteiger partial charge in [-0.15, -0.1) is 13.2 Å². The summed E-state index contributed by atoms with van der Waals surface area (Å²) in [7, 11) is 0. The Morgan fingerprint density at radius 1 is 1.02 bits per heavy atom. The number of oxime groups is 1. The molecule has 2 aliphatic heterocycles. The number of nitrogens with zero attached hydrogens (tertiary/aromatic N) is 2. The third-order valence-electron chi connectivity index (χ3n) is 10.9. The number of fused-ring (bicyclic) bond motifs is 2. The first-order valence-corrected chi connectivity index (χ1v) is 19.7. The van der Waals surface area contributed by atoms with Crippen molar-refractivity contribution >= 4 is 11.8 Å². The van der Waals surface area contributed by atoms with Gasteiger partial charge in [-0.05, 0) is 80.6 Å². The summed E-state index contributed by atoms with van der Waals surface area (Å²) in [5.41, 5.74) is 2.34. The Balaban J connectivity index is 1.73. The fourth-order valence-electron chi connectivity index (χ4n) is 8.59. The summed E-state index contributed by atoms with van der Waals surface area (Å²) >= 11 is 0. The highest BCUT2D eigenvalue weighted by molar-refractivity contribution is 6.03. The second-order valence-electron chi connectivity index (χ2n) is 14.4. The Bertz CT molecular complexity index is 1430. The van der Waals surface area contributed by atoms with Crippen LogP contribution in [0.1, 0.15) is 82.1 Å². The summed E-state index contributed by atoms with van der Waals surface area (Å²) in [6, 6.07) is 4.30. The summed E-state index contributed by atoms with van der Waals surface area (Å²) in [4.78, 5) is 21.9. The standard InChI is InChI=1S/C41H60N2O11/c1-3-5-22-51-40(48)43(17-24-49-25-20-46)36-28-34(42-54-37-14-8-11-23-50-37)32-26-29(12-6-9-18-44)31(13-7-10-19-45)38-33-27-30(47)15-16-35(33)53-41(36,39(32)38)52-21-4-2/h3-4,15-16,26-27,29,31,36-39,44-47H,1-2,5-14,17-25,28H2/t29-,31+,36-,37?,38+,39+,41+/m0/s1. The van der Waals surface area contributed by atoms with Crippen LogP contribution in [0, 0.1) is 17.8 Å². The molecule has 0 bridgehead atoms. The van der Waals surface area contributed by atoms with Gasteiger partial charge < -0.3 is 48.9 Å². The minimum atomic E-state index is -1.48. The van der Waals surface area contributed by atoms with Crippen molar-refractivity contribution < 1.29 is 53.7 Å². The molecule has 54 heavy (non-hydrogen) atoms. The lowest BCUT2D eigenvalue weighted by Crippen LogP contribution is -2.70. The molecular formula is C41H60N2O11. The van der Waals surface area contributed by atoms with Crippen LogP contribution >= 0.6 is 0 Å². The fourth-order valence-corrected chi connectivity index (χ4v) is 8.59. The molecular weight excluding hydrogens is 696 g/mol. The molecule has 1 saturated heterocycles. The van der Waals surface area contributed by atoms with Gasteiger partial charge in [0.2, 0.25) is 12.1 Å². The molecule has 13 heteroatoms. The number of aliphatic hydroxyl groups is 3. The number of aromatic hydroxyl groups is 1. The van der Waals surface area contributed by atoms with E-state index in [-0.39, 0.29) is 82.7 Å². The zero-order valence-corrected chi connectivity index (χ0v) is 31.5. The molecule has 0 radical (unpaired) electrons. The number of hydrogen-bond acceptors (Lipinski definition) is 12. The molecule has 1 aromatic carbocycles. The van der Waals surface area contributed by atoms with Gasteiger partial charge in [-0.25, -0.2) is 4.79 Å². The largest absolute Gasteiger partial charge is 0.508 e. The predicted molar refractivity (Wildman–Crippen MR) is 202 cm³/mol. The predicted octanol–water partition coefficient (Wildman–Crippen LogP) is 5.58. The zero-order chi connectivity index (χ0) is 38.3. The monoisotopic (exact) mass is 756 g/mol. The van der Waals surface area contributed by atoms with Crippen LogP contribution < -0.4 is 4.74 Å². The zero-order valence-electron chi connectivity index (χ0n) is 31.5. The van der Waals surface area contributed by atoms with Crippen LogP contribution in [-0.2, 0) is 23.8 Å². The van der Waals surface area contributed by atoms with Crippen LogP contribution in [0.25, 0.3) is 0 Å². The number of amides is 1. The van der Waals surface area contributed by atoms with Crippen LogP contribution in [0.5, 0.6) is 11.5 Å². The van der Waals surface area contributed by atoms with Crippen molar-refractivity contribution in [3.8, 4) is 11.5 Å². The van der Waals surface area contributed by atoms with Gasteiger partial charge in [-0.2, -0.15) is 0 Å². The lowest BCUT2D eigenvalue weighted by molar-refractivity contribution is -0.256. The molecule has 1 amide bonds. The van der Waals surface area contributed by atoms with E-state index in [0.717, 1.165) is 49.7 Å². The van der Waals surface area contributed by atoms with Crippen molar-refractivity contribution in [2.75, 3.05) is 59.4 Å². The van der Waals surface area contributed by atoms with Crippen molar-refractivity contribution in [1.82, 2.24) is 4.90 Å². The van der Waals surface area contributed by atoms with E-state index in [0.29, 0.717) is 43.8 Å². The van der Waals surface area contributed by atoms with Gasteiger partial charge in [0.25, 0.3) is 0 Å². The molecule has 4 N–H and O–H groups in total. The van der Waals surface area contributed by atoms with Crippen LogP contribution in [0.3, 0.4) is 0 Å². The second kappa shape index (κ2) is 21.0. The van der Waals surface area contributed by atoms with Crippen LogP contribution in [0.2, 0.25) is 0 Å². The minimum absolute atomic E-state index is 0.0172. The molecule has 2 aliphatic carbocycles. The quantitative estimate of drug-likeness (QED) is 0.0663. The third-order valence-corrected chi connectivity index (χ3v) is 10.9. The van der Waals surface area contributed by atoms with Crippen molar-refractivity contribution in [3.63, 3.8) is 0 Å². The number of unbranched alkanes of at least 4 members (excludes halogenated alkanes) is 2. The Labute approximate surface area is 319 Å². The molecule has 13 nitrogen and oxygen atoms in total. The number of allylic oxidation sites excluding steroid dienone is 1. The molecule has 2 fully saturated rings. The molecule has 5 rings (SSSR count). The number of aliphatic hydroxyl groups excluding tert-OH is 3. The molecule has 1 saturated carbocycles. The first kappa shape index (κ1) is 41.7. The highest BCUT2D eigenvalue weighted by Gasteiger charge is 2.65. The Hall–Kier alpha value is -3.46. The fraction of sp³-hybridized carbons (Fsp3) is 0.659. The van der Waals surface area contributed by atoms with E-state index in [4.69, 9.17) is 33.7 Å². The minimum Gasteiger partial charge on any atom is -0.508 e. The number of rotatable bonds is 22. The lowest BCUT2D eigenvalue weighted by Gasteiger charge is -2.59. The van der Waals surface area contributed by atoms with Gasteiger partial charge in [0.15, 0.2) is 0 Å². The van der Waals surface area contributed by atoms with Crippen molar-refractivity contribution in [3.05, 3.63) is 60.7 Å².